The van der Waals surface area contributed by atoms with Crippen molar-refractivity contribution in [1.82, 2.24) is 20.0 Å². The molecule has 1 amide bonds. The lowest BCUT2D eigenvalue weighted by Gasteiger charge is -2.07. The Morgan fingerprint density at radius 2 is 1.77 bits per heavy atom. The lowest BCUT2D eigenvalue weighted by molar-refractivity contribution is 0.0943. The van der Waals surface area contributed by atoms with Gasteiger partial charge in [0.2, 0.25) is 0 Å². The van der Waals surface area contributed by atoms with Crippen molar-refractivity contribution in [3.63, 3.8) is 0 Å². The number of nitrogens with one attached hydrogen (secondary N) is 1. The Bertz CT molecular complexity index is 1010. The first-order chi connectivity index (χ1) is 12.8. The molecule has 0 bridgehead atoms. The summed E-state index contributed by atoms with van der Waals surface area (Å²) in [5.41, 5.74) is 2.94. The second kappa shape index (κ2) is 7.06. The Balaban J connectivity index is 1.46. The van der Waals surface area contributed by atoms with Crippen molar-refractivity contribution in [3.8, 4) is 17.0 Å². The van der Waals surface area contributed by atoms with Crippen molar-refractivity contribution < 1.29 is 9.32 Å². The maximum atomic E-state index is 12.5. The second-order valence-electron chi connectivity index (χ2n) is 5.72. The van der Waals surface area contributed by atoms with Crippen molar-refractivity contribution >= 4 is 5.91 Å². The minimum absolute atomic E-state index is 0.226. The van der Waals surface area contributed by atoms with E-state index in [0.29, 0.717) is 17.1 Å². The molecule has 0 atom stereocenters. The molecule has 6 heteroatoms. The molecule has 26 heavy (non-hydrogen) atoms. The molecule has 0 spiro atoms. The van der Waals surface area contributed by atoms with E-state index in [4.69, 9.17) is 4.52 Å². The maximum Gasteiger partial charge on any atom is 0.270 e. The molecule has 6 nitrogen and oxygen atoms in total. The highest BCUT2D eigenvalue weighted by Gasteiger charge is 2.14. The number of nitrogens with zero attached hydrogens (tertiary/aromatic N) is 3. The summed E-state index contributed by atoms with van der Waals surface area (Å²) in [5.74, 6) is 0.444. The van der Waals surface area contributed by atoms with Gasteiger partial charge in [0.15, 0.2) is 5.76 Å². The molecular weight excluding hydrogens is 328 g/mol. The molecule has 0 unspecified atom stereocenters. The van der Waals surface area contributed by atoms with Gasteiger partial charge < -0.3 is 9.84 Å². The number of carbonyl (C=O) groups is 1. The quantitative estimate of drug-likeness (QED) is 0.602. The molecule has 0 aliphatic heterocycles. The number of imidazole rings is 1. The van der Waals surface area contributed by atoms with Crippen LogP contribution in [0.4, 0.5) is 0 Å². The Labute approximate surface area is 150 Å². The van der Waals surface area contributed by atoms with Crippen LogP contribution in [0.15, 0.2) is 83.8 Å². The van der Waals surface area contributed by atoms with Gasteiger partial charge in [-0.2, -0.15) is 0 Å². The molecule has 4 rings (SSSR count). The van der Waals surface area contributed by atoms with Crippen molar-refractivity contribution in [2.45, 2.75) is 6.54 Å². The highest BCUT2D eigenvalue weighted by atomic mass is 16.5. The summed E-state index contributed by atoms with van der Waals surface area (Å²) in [7, 11) is 0. The number of carbonyl (C=O) groups excluding carboxylic acids is 1. The molecule has 0 aliphatic carbocycles. The molecule has 0 aliphatic rings. The average molecular weight is 344 g/mol. The second-order valence-corrected chi connectivity index (χ2v) is 5.72. The van der Waals surface area contributed by atoms with Crippen molar-refractivity contribution in [1.29, 1.82) is 0 Å². The minimum Gasteiger partial charge on any atom is -0.356 e. The molecular formula is C20H16N4O2. The summed E-state index contributed by atoms with van der Waals surface area (Å²) >= 11 is 0. The van der Waals surface area contributed by atoms with Crippen molar-refractivity contribution in [2.24, 2.45) is 0 Å². The standard InChI is InChI=1S/C20H16N4O2/c25-20(18-13-21-14-24(18)17-9-5-2-6-10-17)22-12-16-11-19(26-23-16)15-7-3-1-4-8-15/h1-11,13-14H,12H2,(H,22,25). The Morgan fingerprint density at radius 3 is 2.54 bits per heavy atom. The fraction of sp³-hybridized carbons (Fsp3) is 0.0500. The van der Waals surface area contributed by atoms with E-state index in [9.17, 15) is 4.79 Å². The van der Waals surface area contributed by atoms with E-state index in [1.165, 1.54) is 0 Å². The summed E-state index contributed by atoms with van der Waals surface area (Å²) in [6.45, 7) is 0.273. The zero-order chi connectivity index (χ0) is 17.8. The third-order valence-corrected chi connectivity index (χ3v) is 3.95. The number of aromatic nitrogens is 3. The summed E-state index contributed by atoms with van der Waals surface area (Å²) in [4.78, 5) is 16.6. The van der Waals surface area contributed by atoms with Gasteiger partial charge in [0, 0.05) is 17.3 Å². The Hall–Kier alpha value is -3.67. The fourth-order valence-corrected chi connectivity index (χ4v) is 2.65. The SMILES string of the molecule is O=C(NCc1cc(-c2ccccc2)on1)c1cncn1-c1ccccc1. The molecule has 2 heterocycles. The summed E-state index contributed by atoms with van der Waals surface area (Å²) in [5, 5.41) is 6.87. The topological polar surface area (TPSA) is 73.0 Å². The van der Waals surface area contributed by atoms with E-state index in [-0.39, 0.29) is 12.5 Å². The van der Waals surface area contributed by atoms with E-state index in [0.717, 1.165) is 11.3 Å². The number of para-hydroxylation sites is 1. The van der Waals surface area contributed by atoms with Gasteiger partial charge in [-0.1, -0.05) is 53.7 Å². The summed E-state index contributed by atoms with van der Waals surface area (Å²) in [6, 6.07) is 21.1. The monoisotopic (exact) mass is 344 g/mol. The van der Waals surface area contributed by atoms with E-state index in [1.54, 1.807) is 17.1 Å². The lowest BCUT2D eigenvalue weighted by atomic mass is 10.2. The zero-order valence-corrected chi connectivity index (χ0v) is 13.9. The fourth-order valence-electron chi connectivity index (χ4n) is 2.65. The van der Waals surface area contributed by atoms with Gasteiger partial charge in [0.05, 0.1) is 19.1 Å². The van der Waals surface area contributed by atoms with Gasteiger partial charge in [0.1, 0.15) is 11.4 Å². The van der Waals surface area contributed by atoms with Crippen LogP contribution < -0.4 is 5.32 Å². The first kappa shape index (κ1) is 15.8. The zero-order valence-electron chi connectivity index (χ0n) is 13.9. The number of hydrogen-bond acceptors (Lipinski definition) is 4. The maximum absolute atomic E-state index is 12.5. The van der Waals surface area contributed by atoms with Crippen LogP contribution in [0.25, 0.3) is 17.0 Å². The molecule has 0 fully saturated rings. The van der Waals surface area contributed by atoms with E-state index < -0.39 is 0 Å². The van der Waals surface area contributed by atoms with Crippen LogP contribution in [0, 0.1) is 0 Å². The van der Waals surface area contributed by atoms with E-state index in [2.05, 4.69) is 15.5 Å². The lowest BCUT2D eigenvalue weighted by Crippen LogP contribution is -2.25. The molecule has 0 saturated carbocycles. The van der Waals surface area contributed by atoms with Crippen LogP contribution in [0.2, 0.25) is 0 Å². The average Bonchev–Trinajstić information content (AvgIpc) is 3.37. The van der Waals surface area contributed by atoms with Gasteiger partial charge >= 0.3 is 0 Å². The highest BCUT2D eigenvalue weighted by Crippen LogP contribution is 2.19. The molecule has 4 aromatic rings. The van der Waals surface area contributed by atoms with Crippen molar-refractivity contribution in [2.75, 3.05) is 0 Å². The number of rotatable bonds is 5. The number of amides is 1. The number of benzene rings is 2. The number of hydrogen-bond donors (Lipinski definition) is 1. The first-order valence-corrected chi connectivity index (χ1v) is 8.18. The van der Waals surface area contributed by atoms with E-state index >= 15 is 0 Å². The van der Waals surface area contributed by atoms with Gasteiger partial charge in [-0.25, -0.2) is 4.98 Å². The van der Waals surface area contributed by atoms with Gasteiger partial charge in [0.25, 0.3) is 5.91 Å². The molecule has 2 aromatic heterocycles. The van der Waals surface area contributed by atoms with Crippen LogP contribution in [0.1, 0.15) is 16.2 Å². The van der Waals surface area contributed by atoms with Crippen LogP contribution in [0.3, 0.4) is 0 Å². The molecule has 0 radical (unpaired) electrons. The molecule has 0 saturated heterocycles. The molecule has 1 N–H and O–H groups in total. The summed E-state index contributed by atoms with van der Waals surface area (Å²) in [6.07, 6.45) is 3.16. The predicted molar refractivity (Wildman–Crippen MR) is 96.7 cm³/mol. The van der Waals surface area contributed by atoms with Crippen LogP contribution in [-0.4, -0.2) is 20.6 Å². The van der Waals surface area contributed by atoms with Gasteiger partial charge in [-0.05, 0) is 12.1 Å². The van der Waals surface area contributed by atoms with Crippen LogP contribution >= 0.6 is 0 Å². The third kappa shape index (κ3) is 3.25. The smallest absolute Gasteiger partial charge is 0.270 e. The largest absolute Gasteiger partial charge is 0.356 e. The van der Waals surface area contributed by atoms with Crippen LogP contribution in [0.5, 0.6) is 0 Å². The predicted octanol–water partition coefficient (Wildman–Crippen LogP) is 3.46. The highest BCUT2D eigenvalue weighted by molar-refractivity contribution is 5.92. The minimum atomic E-state index is -0.226. The van der Waals surface area contributed by atoms with Crippen molar-refractivity contribution in [3.05, 3.63) is 90.6 Å². The first-order valence-electron chi connectivity index (χ1n) is 8.18. The molecule has 128 valence electrons. The summed E-state index contributed by atoms with van der Waals surface area (Å²) < 4.78 is 7.09. The van der Waals surface area contributed by atoms with E-state index in [1.807, 2.05) is 66.7 Å². The van der Waals surface area contributed by atoms with Gasteiger partial charge in [-0.15, -0.1) is 0 Å². The normalized spacial score (nSPS) is 10.6. The Morgan fingerprint density at radius 1 is 1.04 bits per heavy atom. The third-order valence-electron chi connectivity index (χ3n) is 3.95. The molecule has 2 aromatic carbocycles. The Kier molecular flexibility index (Phi) is 4.30. The van der Waals surface area contributed by atoms with Gasteiger partial charge in [-0.3, -0.25) is 9.36 Å². The van der Waals surface area contributed by atoms with Crippen LogP contribution in [-0.2, 0) is 6.54 Å².